The SMILES string of the molecule is Cc1cnn(Cc2cc(N)ccc2Cl)c1. The Morgan fingerprint density at radius 2 is 2.27 bits per heavy atom. The molecule has 0 spiro atoms. The molecule has 2 aromatic rings. The van der Waals surface area contributed by atoms with Gasteiger partial charge in [-0.3, -0.25) is 4.68 Å². The minimum absolute atomic E-state index is 0.651. The lowest BCUT2D eigenvalue weighted by molar-refractivity contribution is 0.687. The maximum atomic E-state index is 6.06. The van der Waals surface area contributed by atoms with Crippen LogP contribution in [-0.4, -0.2) is 9.78 Å². The highest BCUT2D eigenvalue weighted by atomic mass is 35.5. The fourth-order valence-electron chi connectivity index (χ4n) is 1.44. The molecule has 78 valence electrons. The first kappa shape index (κ1) is 10.1. The molecule has 0 amide bonds. The van der Waals surface area contributed by atoms with E-state index in [1.165, 1.54) is 0 Å². The molecule has 0 unspecified atom stereocenters. The highest BCUT2D eigenvalue weighted by molar-refractivity contribution is 6.31. The fraction of sp³-hybridized carbons (Fsp3) is 0.182. The lowest BCUT2D eigenvalue weighted by Gasteiger charge is -2.05. The molecule has 0 atom stereocenters. The molecular formula is C11H12ClN3. The lowest BCUT2D eigenvalue weighted by atomic mass is 10.2. The van der Waals surface area contributed by atoms with E-state index in [1.54, 1.807) is 6.07 Å². The maximum absolute atomic E-state index is 6.06. The molecule has 0 bridgehead atoms. The molecule has 0 aliphatic rings. The summed E-state index contributed by atoms with van der Waals surface area (Å²) in [6.45, 7) is 2.65. The summed E-state index contributed by atoms with van der Waals surface area (Å²) in [6.07, 6.45) is 3.79. The van der Waals surface area contributed by atoms with Crippen molar-refractivity contribution in [2.45, 2.75) is 13.5 Å². The van der Waals surface area contributed by atoms with Crippen LogP contribution in [-0.2, 0) is 6.54 Å². The van der Waals surface area contributed by atoms with Crippen molar-refractivity contribution in [1.29, 1.82) is 0 Å². The number of nitrogens with zero attached hydrogens (tertiary/aromatic N) is 2. The Labute approximate surface area is 93.5 Å². The van der Waals surface area contributed by atoms with E-state index < -0.39 is 0 Å². The van der Waals surface area contributed by atoms with Gasteiger partial charge in [-0.05, 0) is 36.2 Å². The van der Waals surface area contributed by atoms with E-state index in [0.29, 0.717) is 6.54 Å². The highest BCUT2D eigenvalue weighted by Gasteiger charge is 2.02. The van der Waals surface area contributed by atoms with E-state index >= 15 is 0 Å². The Hall–Kier alpha value is -1.48. The van der Waals surface area contributed by atoms with E-state index in [2.05, 4.69) is 5.10 Å². The van der Waals surface area contributed by atoms with Crippen LogP contribution in [0.1, 0.15) is 11.1 Å². The van der Waals surface area contributed by atoms with Gasteiger partial charge in [0.05, 0.1) is 12.7 Å². The van der Waals surface area contributed by atoms with Crippen LogP contribution in [0.2, 0.25) is 5.02 Å². The van der Waals surface area contributed by atoms with Gasteiger partial charge in [-0.1, -0.05) is 11.6 Å². The Bertz CT molecular complexity index is 476. The highest BCUT2D eigenvalue weighted by Crippen LogP contribution is 2.19. The molecule has 4 heteroatoms. The smallest absolute Gasteiger partial charge is 0.0674 e. The summed E-state index contributed by atoms with van der Waals surface area (Å²) in [4.78, 5) is 0. The first-order chi connectivity index (χ1) is 7.15. The van der Waals surface area contributed by atoms with Gasteiger partial charge < -0.3 is 5.73 Å². The number of halogens is 1. The standard InChI is InChI=1S/C11H12ClN3/c1-8-5-14-15(6-8)7-9-4-10(13)2-3-11(9)12/h2-6H,7,13H2,1H3. The second kappa shape index (κ2) is 3.95. The van der Waals surface area contributed by atoms with Crippen molar-refractivity contribution in [3.63, 3.8) is 0 Å². The molecule has 3 nitrogen and oxygen atoms in total. The topological polar surface area (TPSA) is 43.8 Å². The predicted octanol–water partition coefficient (Wildman–Crippen LogP) is 2.48. The van der Waals surface area contributed by atoms with Crippen molar-refractivity contribution >= 4 is 17.3 Å². The summed E-state index contributed by atoms with van der Waals surface area (Å²) >= 11 is 6.06. The number of hydrogen-bond acceptors (Lipinski definition) is 2. The number of nitrogens with two attached hydrogens (primary N) is 1. The average molecular weight is 222 g/mol. The molecule has 0 aliphatic carbocycles. The minimum Gasteiger partial charge on any atom is -0.399 e. The van der Waals surface area contributed by atoms with Crippen LogP contribution in [0.4, 0.5) is 5.69 Å². The second-order valence-electron chi connectivity index (χ2n) is 3.57. The van der Waals surface area contributed by atoms with Gasteiger partial charge in [0, 0.05) is 16.9 Å². The van der Waals surface area contributed by atoms with Gasteiger partial charge in [-0.15, -0.1) is 0 Å². The molecule has 0 aliphatic heterocycles. The van der Waals surface area contributed by atoms with E-state index in [9.17, 15) is 0 Å². The van der Waals surface area contributed by atoms with Gasteiger partial charge in [0.25, 0.3) is 0 Å². The lowest BCUT2D eigenvalue weighted by Crippen LogP contribution is -2.01. The monoisotopic (exact) mass is 221 g/mol. The number of rotatable bonds is 2. The Balaban J connectivity index is 2.27. The molecule has 0 radical (unpaired) electrons. The summed E-state index contributed by atoms with van der Waals surface area (Å²) < 4.78 is 1.84. The molecule has 0 fully saturated rings. The molecule has 1 aromatic carbocycles. The van der Waals surface area contributed by atoms with E-state index in [4.69, 9.17) is 17.3 Å². The third-order valence-corrected chi connectivity index (χ3v) is 2.53. The van der Waals surface area contributed by atoms with Crippen LogP contribution in [0.3, 0.4) is 0 Å². The average Bonchev–Trinajstić information content (AvgIpc) is 2.58. The van der Waals surface area contributed by atoms with Crippen LogP contribution in [0.15, 0.2) is 30.6 Å². The summed E-state index contributed by atoms with van der Waals surface area (Å²) in [5.74, 6) is 0. The van der Waals surface area contributed by atoms with Crippen molar-refractivity contribution in [3.8, 4) is 0 Å². The largest absolute Gasteiger partial charge is 0.399 e. The van der Waals surface area contributed by atoms with Gasteiger partial charge in [0.15, 0.2) is 0 Å². The first-order valence-corrected chi connectivity index (χ1v) is 5.06. The second-order valence-corrected chi connectivity index (χ2v) is 3.97. The van der Waals surface area contributed by atoms with Crippen molar-refractivity contribution in [2.24, 2.45) is 0 Å². The van der Waals surface area contributed by atoms with E-state index in [0.717, 1.165) is 21.8 Å². The Morgan fingerprint density at radius 1 is 1.47 bits per heavy atom. The maximum Gasteiger partial charge on any atom is 0.0674 e. The van der Waals surface area contributed by atoms with Crippen LogP contribution in [0.5, 0.6) is 0 Å². The Morgan fingerprint density at radius 3 is 2.93 bits per heavy atom. The predicted molar refractivity (Wildman–Crippen MR) is 61.9 cm³/mol. The van der Waals surface area contributed by atoms with Crippen LogP contribution in [0.25, 0.3) is 0 Å². The number of anilines is 1. The van der Waals surface area contributed by atoms with Crippen molar-refractivity contribution < 1.29 is 0 Å². The number of nitrogen functional groups attached to an aromatic ring is 1. The fourth-order valence-corrected chi connectivity index (χ4v) is 1.62. The number of aryl methyl sites for hydroxylation is 1. The summed E-state index contributed by atoms with van der Waals surface area (Å²) in [5, 5.41) is 4.92. The normalized spacial score (nSPS) is 10.5. The first-order valence-electron chi connectivity index (χ1n) is 4.68. The van der Waals surface area contributed by atoms with Crippen LogP contribution in [0, 0.1) is 6.92 Å². The third kappa shape index (κ3) is 2.30. The number of benzene rings is 1. The molecule has 1 aromatic heterocycles. The number of aromatic nitrogens is 2. The van der Waals surface area contributed by atoms with Gasteiger partial charge >= 0.3 is 0 Å². The zero-order chi connectivity index (χ0) is 10.8. The zero-order valence-corrected chi connectivity index (χ0v) is 9.20. The quantitative estimate of drug-likeness (QED) is 0.792. The van der Waals surface area contributed by atoms with Gasteiger partial charge in [-0.25, -0.2) is 0 Å². The van der Waals surface area contributed by atoms with Crippen LogP contribution < -0.4 is 5.73 Å². The molecule has 0 saturated carbocycles. The number of hydrogen-bond donors (Lipinski definition) is 1. The van der Waals surface area contributed by atoms with Crippen molar-refractivity contribution in [2.75, 3.05) is 5.73 Å². The zero-order valence-electron chi connectivity index (χ0n) is 8.44. The van der Waals surface area contributed by atoms with Gasteiger partial charge in [0.1, 0.15) is 0 Å². The molecule has 0 saturated heterocycles. The van der Waals surface area contributed by atoms with Gasteiger partial charge in [0.2, 0.25) is 0 Å². The van der Waals surface area contributed by atoms with Gasteiger partial charge in [-0.2, -0.15) is 5.10 Å². The molecular weight excluding hydrogens is 210 g/mol. The molecule has 15 heavy (non-hydrogen) atoms. The summed E-state index contributed by atoms with van der Waals surface area (Å²) in [5.41, 5.74) is 8.54. The molecule has 2 rings (SSSR count). The van der Waals surface area contributed by atoms with E-state index in [-0.39, 0.29) is 0 Å². The van der Waals surface area contributed by atoms with Crippen molar-refractivity contribution in [3.05, 3.63) is 46.7 Å². The summed E-state index contributed by atoms with van der Waals surface area (Å²) in [6, 6.07) is 5.47. The third-order valence-electron chi connectivity index (χ3n) is 2.16. The van der Waals surface area contributed by atoms with Crippen molar-refractivity contribution in [1.82, 2.24) is 9.78 Å². The Kier molecular flexibility index (Phi) is 2.64. The minimum atomic E-state index is 0.651. The molecule has 1 heterocycles. The summed E-state index contributed by atoms with van der Waals surface area (Å²) in [7, 11) is 0. The van der Waals surface area contributed by atoms with E-state index in [1.807, 2.05) is 36.1 Å². The molecule has 2 N–H and O–H groups in total. The van der Waals surface area contributed by atoms with Crippen LogP contribution >= 0.6 is 11.6 Å².